The fourth-order valence-corrected chi connectivity index (χ4v) is 2.74. The van der Waals surface area contributed by atoms with Crippen molar-refractivity contribution in [2.75, 3.05) is 0 Å². The molecule has 0 aromatic heterocycles. The van der Waals surface area contributed by atoms with Gasteiger partial charge < -0.3 is 9.47 Å². The van der Waals surface area contributed by atoms with Gasteiger partial charge in [-0.25, -0.2) is 9.59 Å². The SMILES string of the molecule is C=C=C=C=C=C=C(OC(=O)C=C)c1ccc(C(=O)Oc2ccc3cc(C#N)ccc3c2)cc1. The maximum Gasteiger partial charge on any atom is 0.343 e. The van der Waals surface area contributed by atoms with E-state index in [1.807, 2.05) is 0 Å². The largest absolute Gasteiger partial charge is 0.423 e. The van der Waals surface area contributed by atoms with Gasteiger partial charge in [0.25, 0.3) is 0 Å². The third kappa shape index (κ3) is 5.88. The van der Waals surface area contributed by atoms with Crippen LogP contribution in [0.1, 0.15) is 21.5 Å². The van der Waals surface area contributed by atoms with E-state index in [9.17, 15) is 9.59 Å². The molecule has 0 aliphatic carbocycles. The molecule has 3 rings (SSSR count). The quantitative estimate of drug-likeness (QED) is 0.178. The Balaban J connectivity index is 1.85. The lowest BCUT2D eigenvalue weighted by Crippen LogP contribution is -2.08. The summed E-state index contributed by atoms with van der Waals surface area (Å²) in [4.78, 5) is 24.2. The molecule has 0 aliphatic rings. The zero-order valence-corrected chi connectivity index (χ0v) is 17.3. The molecule has 0 spiro atoms. The molecule has 0 heterocycles. The predicted octanol–water partition coefficient (Wildman–Crippen LogP) is 5.41. The molecule has 0 saturated carbocycles. The van der Waals surface area contributed by atoms with Gasteiger partial charge in [-0.05, 0) is 88.8 Å². The van der Waals surface area contributed by atoms with Gasteiger partial charge in [0.05, 0.1) is 17.2 Å². The van der Waals surface area contributed by atoms with Crippen LogP contribution >= 0.6 is 0 Å². The van der Waals surface area contributed by atoms with E-state index in [1.54, 1.807) is 48.5 Å². The summed E-state index contributed by atoms with van der Waals surface area (Å²) in [6.45, 7) is 6.71. The molecule has 5 nitrogen and oxygen atoms in total. The number of benzene rings is 3. The Bertz CT molecular complexity index is 1510. The molecule has 5 heteroatoms. The van der Waals surface area contributed by atoms with Crippen molar-refractivity contribution in [1.29, 1.82) is 5.26 Å². The first-order chi connectivity index (χ1) is 16.0. The van der Waals surface area contributed by atoms with E-state index in [-0.39, 0.29) is 5.76 Å². The van der Waals surface area contributed by atoms with Crippen LogP contribution < -0.4 is 4.74 Å². The fourth-order valence-electron chi connectivity index (χ4n) is 2.74. The smallest absolute Gasteiger partial charge is 0.343 e. The highest BCUT2D eigenvalue weighted by Gasteiger charge is 2.12. The van der Waals surface area contributed by atoms with Gasteiger partial charge in [-0.2, -0.15) is 5.26 Å². The third-order valence-electron chi connectivity index (χ3n) is 4.29. The predicted molar refractivity (Wildman–Crippen MR) is 123 cm³/mol. The average Bonchev–Trinajstić information content (AvgIpc) is 2.85. The van der Waals surface area contributed by atoms with Crippen LogP contribution in [0.25, 0.3) is 16.5 Å². The van der Waals surface area contributed by atoms with Gasteiger partial charge in [-0.15, -0.1) is 0 Å². The minimum Gasteiger partial charge on any atom is -0.423 e. The monoisotopic (exact) mass is 429 g/mol. The van der Waals surface area contributed by atoms with E-state index in [0.29, 0.717) is 22.4 Å². The van der Waals surface area contributed by atoms with Crippen molar-refractivity contribution in [3.8, 4) is 11.8 Å². The fraction of sp³-hybridized carbons (Fsp3) is 0. The Morgan fingerprint density at radius 1 is 0.879 bits per heavy atom. The van der Waals surface area contributed by atoms with Gasteiger partial charge in [0, 0.05) is 11.6 Å². The molecule has 0 bridgehead atoms. The number of hydrogen-bond donors (Lipinski definition) is 0. The Morgan fingerprint density at radius 3 is 2.27 bits per heavy atom. The summed E-state index contributed by atoms with van der Waals surface area (Å²) < 4.78 is 10.6. The first-order valence-corrected chi connectivity index (χ1v) is 9.55. The van der Waals surface area contributed by atoms with Crippen molar-refractivity contribution in [2.24, 2.45) is 0 Å². The number of esters is 2. The molecule has 0 N–H and O–H groups in total. The summed E-state index contributed by atoms with van der Waals surface area (Å²) in [5.74, 6) is -0.803. The van der Waals surface area contributed by atoms with E-state index in [0.717, 1.165) is 16.8 Å². The number of carbonyl (C=O) groups is 2. The summed E-state index contributed by atoms with van der Waals surface area (Å²) >= 11 is 0. The lowest BCUT2D eigenvalue weighted by atomic mass is 10.1. The summed E-state index contributed by atoms with van der Waals surface area (Å²) in [6, 6.07) is 18.7. The van der Waals surface area contributed by atoms with Crippen molar-refractivity contribution in [3.05, 3.63) is 125 Å². The number of ether oxygens (including phenoxy) is 2. The second-order valence-corrected chi connectivity index (χ2v) is 6.43. The summed E-state index contributed by atoms with van der Waals surface area (Å²) in [5, 5.41) is 10.7. The highest BCUT2D eigenvalue weighted by molar-refractivity contribution is 5.93. The molecule has 0 radical (unpaired) electrons. The standard InChI is InChI=1S/C28H15NO4/c1-3-5-6-7-8-26(33-27(30)4-2)21-11-13-22(14-12-21)28(31)32-25-16-15-23-17-20(19-29)9-10-24(23)18-25/h4,9-18H,1-2H2. The molecule has 0 atom stereocenters. The second kappa shape index (κ2) is 10.7. The Kier molecular flexibility index (Phi) is 7.25. The van der Waals surface area contributed by atoms with Gasteiger partial charge in [0.1, 0.15) is 5.75 Å². The number of nitriles is 1. The second-order valence-electron chi connectivity index (χ2n) is 6.43. The van der Waals surface area contributed by atoms with Gasteiger partial charge in [0.15, 0.2) is 5.76 Å². The molecule has 0 saturated heterocycles. The van der Waals surface area contributed by atoms with E-state index in [4.69, 9.17) is 14.7 Å². The van der Waals surface area contributed by atoms with E-state index in [1.165, 1.54) is 12.1 Å². The van der Waals surface area contributed by atoms with Crippen LogP contribution in [0.15, 0.2) is 109 Å². The average molecular weight is 429 g/mol. The lowest BCUT2D eigenvalue weighted by Gasteiger charge is -2.08. The normalized spacial score (nSPS) is 9.06. The molecule has 0 fully saturated rings. The number of fused-ring (bicyclic) bond motifs is 1. The van der Waals surface area contributed by atoms with Gasteiger partial charge in [-0.1, -0.05) is 24.4 Å². The first-order valence-electron chi connectivity index (χ1n) is 9.55. The molecular formula is C28H15NO4. The molecule has 0 amide bonds. The summed E-state index contributed by atoms with van der Waals surface area (Å²) in [6.07, 6.45) is 1.02. The first kappa shape index (κ1) is 22.4. The van der Waals surface area contributed by atoms with Crippen molar-refractivity contribution in [3.63, 3.8) is 0 Å². The van der Waals surface area contributed by atoms with E-state index in [2.05, 4.69) is 47.9 Å². The Morgan fingerprint density at radius 2 is 1.58 bits per heavy atom. The summed E-state index contributed by atoms with van der Waals surface area (Å²) in [5.41, 5.74) is 13.8. The van der Waals surface area contributed by atoms with Gasteiger partial charge in [-0.3, -0.25) is 0 Å². The van der Waals surface area contributed by atoms with Crippen LogP contribution in [-0.2, 0) is 9.53 Å². The highest BCUT2D eigenvalue weighted by Crippen LogP contribution is 2.23. The minimum absolute atomic E-state index is 0.0597. The lowest BCUT2D eigenvalue weighted by molar-refractivity contribution is -0.131. The maximum atomic E-state index is 12.6. The van der Waals surface area contributed by atoms with Crippen molar-refractivity contribution < 1.29 is 19.1 Å². The molecule has 3 aromatic carbocycles. The molecule has 33 heavy (non-hydrogen) atoms. The van der Waals surface area contributed by atoms with Gasteiger partial charge >= 0.3 is 11.9 Å². The van der Waals surface area contributed by atoms with E-state index >= 15 is 0 Å². The van der Waals surface area contributed by atoms with Crippen LogP contribution in [0.3, 0.4) is 0 Å². The van der Waals surface area contributed by atoms with Crippen LogP contribution in [-0.4, -0.2) is 11.9 Å². The Hall–Kier alpha value is -5.27. The number of hydrogen-bond acceptors (Lipinski definition) is 5. The number of carbonyl (C=O) groups excluding carboxylic acids is 2. The van der Waals surface area contributed by atoms with Crippen LogP contribution in [0.4, 0.5) is 0 Å². The third-order valence-corrected chi connectivity index (χ3v) is 4.29. The Labute approximate surface area is 190 Å². The van der Waals surface area contributed by atoms with Crippen molar-refractivity contribution in [2.45, 2.75) is 0 Å². The zero-order chi connectivity index (χ0) is 23.6. The van der Waals surface area contributed by atoms with Crippen molar-refractivity contribution >= 4 is 28.5 Å². The number of nitrogens with zero attached hydrogens (tertiary/aromatic N) is 1. The zero-order valence-electron chi connectivity index (χ0n) is 17.3. The highest BCUT2D eigenvalue weighted by atomic mass is 16.5. The summed E-state index contributed by atoms with van der Waals surface area (Å²) in [7, 11) is 0. The molecule has 0 aliphatic heterocycles. The van der Waals surface area contributed by atoms with Crippen LogP contribution in [0.5, 0.6) is 5.75 Å². The minimum atomic E-state index is -0.677. The molecule has 156 valence electrons. The maximum absolute atomic E-state index is 12.6. The topological polar surface area (TPSA) is 76.4 Å². The number of rotatable bonds is 5. The molecule has 0 unspecified atom stereocenters. The van der Waals surface area contributed by atoms with Gasteiger partial charge in [0.2, 0.25) is 0 Å². The van der Waals surface area contributed by atoms with E-state index < -0.39 is 11.9 Å². The molecule has 3 aromatic rings. The van der Waals surface area contributed by atoms with Crippen LogP contribution in [0.2, 0.25) is 0 Å². The van der Waals surface area contributed by atoms with Crippen molar-refractivity contribution in [1.82, 2.24) is 0 Å². The van der Waals surface area contributed by atoms with Crippen LogP contribution in [0, 0.1) is 11.3 Å². The molecular weight excluding hydrogens is 414 g/mol.